The number of carbonyl (C=O) groups excluding carboxylic acids is 1. The SMILES string of the molecule is CC(C)n1nnnc1SCC(=O)OC1CCCCC1. The van der Waals surface area contributed by atoms with E-state index in [0.29, 0.717) is 5.16 Å². The zero-order chi connectivity index (χ0) is 13.7. The van der Waals surface area contributed by atoms with Gasteiger partial charge in [0.05, 0.1) is 11.8 Å². The average molecular weight is 284 g/mol. The first-order chi connectivity index (χ1) is 9.16. The van der Waals surface area contributed by atoms with E-state index in [0.717, 1.165) is 25.7 Å². The fourth-order valence-corrected chi connectivity index (χ4v) is 2.92. The standard InChI is InChI=1S/C12H20N4O2S/c1-9(2)16-12(13-14-15-16)19-8-11(17)18-10-6-4-3-5-7-10/h9-10H,3-8H2,1-2H3. The van der Waals surface area contributed by atoms with Crippen LogP contribution >= 0.6 is 11.8 Å². The van der Waals surface area contributed by atoms with Crippen molar-refractivity contribution >= 4 is 17.7 Å². The van der Waals surface area contributed by atoms with Gasteiger partial charge in [-0.2, -0.15) is 0 Å². The Morgan fingerprint density at radius 3 is 2.84 bits per heavy atom. The molecule has 0 atom stereocenters. The Labute approximate surface area is 117 Å². The summed E-state index contributed by atoms with van der Waals surface area (Å²) in [4.78, 5) is 11.8. The molecule has 7 heteroatoms. The van der Waals surface area contributed by atoms with Crippen molar-refractivity contribution in [1.29, 1.82) is 0 Å². The predicted molar refractivity (Wildman–Crippen MR) is 71.9 cm³/mol. The molecule has 1 aromatic heterocycles. The smallest absolute Gasteiger partial charge is 0.316 e. The van der Waals surface area contributed by atoms with E-state index >= 15 is 0 Å². The average Bonchev–Trinajstić information content (AvgIpc) is 2.86. The molecule has 0 N–H and O–H groups in total. The van der Waals surface area contributed by atoms with Crippen LogP contribution in [0.4, 0.5) is 0 Å². The van der Waals surface area contributed by atoms with Gasteiger partial charge in [-0.3, -0.25) is 4.79 Å². The molecule has 1 aliphatic rings. The van der Waals surface area contributed by atoms with Gasteiger partial charge >= 0.3 is 5.97 Å². The minimum absolute atomic E-state index is 0.114. The molecule has 1 fully saturated rings. The number of rotatable bonds is 5. The van der Waals surface area contributed by atoms with Crippen molar-refractivity contribution in [3.05, 3.63) is 0 Å². The molecule has 1 saturated carbocycles. The van der Waals surface area contributed by atoms with Crippen molar-refractivity contribution in [2.24, 2.45) is 0 Å². The van der Waals surface area contributed by atoms with E-state index in [1.807, 2.05) is 13.8 Å². The number of nitrogens with zero attached hydrogens (tertiary/aromatic N) is 4. The topological polar surface area (TPSA) is 69.9 Å². The maximum atomic E-state index is 11.8. The summed E-state index contributed by atoms with van der Waals surface area (Å²) in [5.74, 6) is 0.0963. The minimum atomic E-state index is -0.171. The molecule has 0 aliphatic heterocycles. The molecule has 0 aromatic carbocycles. The Morgan fingerprint density at radius 2 is 2.16 bits per heavy atom. The van der Waals surface area contributed by atoms with E-state index in [4.69, 9.17) is 4.74 Å². The normalized spacial score (nSPS) is 16.8. The molecule has 0 amide bonds. The second kappa shape index (κ2) is 6.88. The third kappa shape index (κ3) is 4.19. The molecule has 0 saturated heterocycles. The molecule has 0 radical (unpaired) electrons. The van der Waals surface area contributed by atoms with Gasteiger partial charge in [0.1, 0.15) is 6.10 Å². The van der Waals surface area contributed by atoms with Crippen LogP contribution in [0.15, 0.2) is 5.16 Å². The highest BCUT2D eigenvalue weighted by molar-refractivity contribution is 7.99. The summed E-state index contributed by atoms with van der Waals surface area (Å²) >= 11 is 1.33. The van der Waals surface area contributed by atoms with Crippen molar-refractivity contribution in [1.82, 2.24) is 20.2 Å². The van der Waals surface area contributed by atoms with E-state index in [2.05, 4.69) is 15.5 Å². The molecule has 1 heterocycles. The first kappa shape index (κ1) is 14.3. The van der Waals surface area contributed by atoms with Crippen molar-refractivity contribution in [3.8, 4) is 0 Å². The number of thioether (sulfide) groups is 1. The van der Waals surface area contributed by atoms with Gasteiger partial charge in [0, 0.05) is 0 Å². The molecule has 2 rings (SSSR count). The van der Waals surface area contributed by atoms with Crippen LogP contribution in [0.1, 0.15) is 52.0 Å². The number of hydrogen-bond acceptors (Lipinski definition) is 6. The molecule has 0 unspecified atom stereocenters. The van der Waals surface area contributed by atoms with Crippen LogP contribution in [0, 0.1) is 0 Å². The Balaban J connectivity index is 1.78. The van der Waals surface area contributed by atoms with E-state index < -0.39 is 0 Å². The summed E-state index contributed by atoms with van der Waals surface area (Å²) in [6.07, 6.45) is 5.70. The van der Waals surface area contributed by atoms with Crippen LogP contribution in [0.2, 0.25) is 0 Å². The molecule has 0 bridgehead atoms. The fourth-order valence-electron chi connectivity index (χ4n) is 2.13. The Morgan fingerprint density at radius 1 is 1.42 bits per heavy atom. The summed E-state index contributed by atoms with van der Waals surface area (Å²) in [5, 5.41) is 12.1. The van der Waals surface area contributed by atoms with E-state index in [9.17, 15) is 4.79 Å². The molecular weight excluding hydrogens is 264 g/mol. The number of hydrogen-bond donors (Lipinski definition) is 0. The van der Waals surface area contributed by atoms with Gasteiger partial charge in [0.2, 0.25) is 5.16 Å². The predicted octanol–water partition coefficient (Wildman–Crippen LogP) is 2.22. The Hall–Kier alpha value is -1.11. The minimum Gasteiger partial charge on any atom is -0.462 e. The van der Waals surface area contributed by atoms with Gasteiger partial charge in [-0.15, -0.1) is 5.10 Å². The number of esters is 1. The lowest BCUT2D eigenvalue weighted by Crippen LogP contribution is -2.22. The van der Waals surface area contributed by atoms with Gasteiger partial charge in [-0.05, 0) is 50.0 Å². The van der Waals surface area contributed by atoms with Crippen LogP contribution in [0.25, 0.3) is 0 Å². The zero-order valence-corrected chi connectivity index (χ0v) is 12.2. The third-order valence-electron chi connectivity index (χ3n) is 3.12. The van der Waals surface area contributed by atoms with Crippen molar-refractivity contribution in [3.63, 3.8) is 0 Å². The van der Waals surface area contributed by atoms with Gasteiger partial charge in [0.15, 0.2) is 0 Å². The molecular formula is C12H20N4O2S. The van der Waals surface area contributed by atoms with Crippen LogP contribution in [-0.4, -0.2) is 38.0 Å². The summed E-state index contributed by atoms with van der Waals surface area (Å²) < 4.78 is 7.16. The van der Waals surface area contributed by atoms with Crippen LogP contribution < -0.4 is 0 Å². The quantitative estimate of drug-likeness (QED) is 0.610. The second-order valence-electron chi connectivity index (χ2n) is 5.04. The first-order valence-electron chi connectivity index (χ1n) is 6.77. The van der Waals surface area contributed by atoms with Crippen molar-refractivity contribution in [2.75, 3.05) is 5.75 Å². The summed E-state index contributed by atoms with van der Waals surface area (Å²) in [5.41, 5.74) is 0. The summed E-state index contributed by atoms with van der Waals surface area (Å²) in [6, 6.07) is 0.187. The van der Waals surface area contributed by atoms with Crippen LogP contribution in [-0.2, 0) is 9.53 Å². The lowest BCUT2D eigenvalue weighted by atomic mass is 9.98. The summed E-state index contributed by atoms with van der Waals surface area (Å²) in [7, 11) is 0. The molecule has 19 heavy (non-hydrogen) atoms. The van der Waals surface area contributed by atoms with E-state index in [-0.39, 0.29) is 23.9 Å². The highest BCUT2D eigenvalue weighted by Gasteiger charge is 2.19. The highest BCUT2D eigenvalue weighted by atomic mass is 32.2. The van der Waals surface area contributed by atoms with Gasteiger partial charge in [-0.25, -0.2) is 4.68 Å². The van der Waals surface area contributed by atoms with Gasteiger partial charge in [-0.1, -0.05) is 18.2 Å². The Bertz CT molecular complexity index is 416. The van der Waals surface area contributed by atoms with Crippen LogP contribution in [0.5, 0.6) is 0 Å². The molecule has 106 valence electrons. The maximum absolute atomic E-state index is 11.8. The molecule has 1 aliphatic carbocycles. The molecule has 1 aromatic rings. The maximum Gasteiger partial charge on any atom is 0.316 e. The zero-order valence-electron chi connectivity index (χ0n) is 11.4. The Kier molecular flexibility index (Phi) is 5.18. The van der Waals surface area contributed by atoms with Crippen molar-refractivity contribution < 1.29 is 9.53 Å². The fraction of sp³-hybridized carbons (Fsp3) is 0.833. The largest absolute Gasteiger partial charge is 0.462 e. The van der Waals surface area contributed by atoms with E-state index in [1.54, 1.807) is 4.68 Å². The van der Waals surface area contributed by atoms with Gasteiger partial charge < -0.3 is 4.74 Å². The number of aromatic nitrogens is 4. The molecule has 0 spiro atoms. The number of tetrazole rings is 1. The van der Waals surface area contributed by atoms with Crippen molar-refractivity contribution in [2.45, 2.75) is 63.3 Å². The van der Waals surface area contributed by atoms with Gasteiger partial charge in [0.25, 0.3) is 0 Å². The lowest BCUT2D eigenvalue weighted by Gasteiger charge is -2.21. The highest BCUT2D eigenvalue weighted by Crippen LogP contribution is 2.22. The second-order valence-corrected chi connectivity index (χ2v) is 5.98. The summed E-state index contributed by atoms with van der Waals surface area (Å²) in [6.45, 7) is 4.00. The molecule has 6 nitrogen and oxygen atoms in total. The van der Waals surface area contributed by atoms with E-state index in [1.165, 1.54) is 18.2 Å². The van der Waals surface area contributed by atoms with Crippen LogP contribution in [0.3, 0.4) is 0 Å². The monoisotopic (exact) mass is 284 g/mol. The lowest BCUT2D eigenvalue weighted by molar-refractivity contribution is -0.147. The number of ether oxygens (including phenoxy) is 1. The first-order valence-corrected chi connectivity index (χ1v) is 7.75. The third-order valence-corrected chi connectivity index (χ3v) is 4.03. The number of carbonyl (C=O) groups is 1.